The second-order valence-corrected chi connectivity index (χ2v) is 12.1. The van der Waals surface area contributed by atoms with Gasteiger partial charge in [-0.25, -0.2) is 0 Å². The zero-order valence-corrected chi connectivity index (χ0v) is 22.5. The minimum absolute atomic E-state index is 0.0194. The van der Waals surface area contributed by atoms with Crippen molar-refractivity contribution in [3.8, 4) is 11.5 Å². The van der Waals surface area contributed by atoms with Crippen LogP contribution in [0.1, 0.15) is 96.1 Å². The number of rotatable bonds is 6. The van der Waals surface area contributed by atoms with Crippen molar-refractivity contribution in [2.75, 3.05) is 13.2 Å². The van der Waals surface area contributed by atoms with E-state index in [0.717, 1.165) is 69.2 Å². The maximum Gasteiger partial charge on any atom is 0.199 e. The van der Waals surface area contributed by atoms with Crippen LogP contribution in [0.3, 0.4) is 0 Å². The Kier molecular flexibility index (Phi) is 7.93. The molecule has 196 valence electrons. The molecule has 1 aliphatic carbocycles. The van der Waals surface area contributed by atoms with Crippen molar-refractivity contribution in [3.63, 3.8) is 0 Å². The Morgan fingerprint density at radius 2 is 1.31 bits per heavy atom. The molecule has 0 aromatic heterocycles. The summed E-state index contributed by atoms with van der Waals surface area (Å²) < 4.78 is 24.1. The molecule has 0 bridgehead atoms. The highest BCUT2D eigenvalue weighted by atomic mass is 16.7. The largest absolute Gasteiger partial charge is 0.465 e. The van der Waals surface area contributed by atoms with Gasteiger partial charge in [0.15, 0.2) is 12.6 Å². The van der Waals surface area contributed by atoms with E-state index < -0.39 is 0 Å². The van der Waals surface area contributed by atoms with Crippen LogP contribution < -0.4 is 9.47 Å². The van der Waals surface area contributed by atoms with Crippen molar-refractivity contribution in [3.05, 3.63) is 59.7 Å². The smallest absolute Gasteiger partial charge is 0.199 e. The first kappa shape index (κ1) is 25.6. The monoisotopic (exact) mass is 492 g/mol. The number of hydrogen-bond donors (Lipinski definition) is 0. The molecule has 2 aromatic carbocycles. The van der Waals surface area contributed by atoms with E-state index in [-0.39, 0.29) is 18.0 Å². The molecule has 2 saturated heterocycles. The molecule has 3 fully saturated rings. The van der Waals surface area contributed by atoms with Crippen molar-refractivity contribution >= 4 is 0 Å². The molecule has 4 heteroatoms. The van der Waals surface area contributed by atoms with Gasteiger partial charge < -0.3 is 18.9 Å². The van der Waals surface area contributed by atoms with Gasteiger partial charge in [-0.05, 0) is 98.1 Å². The van der Waals surface area contributed by atoms with Crippen molar-refractivity contribution in [2.45, 2.75) is 103 Å². The van der Waals surface area contributed by atoms with E-state index in [9.17, 15) is 0 Å². The van der Waals surface area contributed by atoms with Crippen molar-refractivity contribution < 1.29 is 18.9 Å². The zero-order chi connectivity index (χ0) is 25.0. The lowest BCUT2D eigenvalue weighted by atomic mass is 9.59. The fraction of sp³-hybridized carbons (Fsp3) is 0.625. The highest BCUT2D eigenvalue weighted by Crippen LogP contribution is 2.51. The molecule has 2 atom stereocenters. The molecule has 3 aliphatic rings. The maximum atomic E-state index is 6.29. The summed E-state index contributed by atoms with van der Waals surface area (Å²) in [6, 6.07) is 17.7. The number of hydrogen-bond acceptors (Lipinski definition) is 4. The predicted octanol–water partition coefficient (Wildman–Crippen LogP) is 8.02. The molecular formula is C32H44O4. The lowest BCUT2D eigenvalue weighted by Crippen LogP contribution is -2.36. The summed E-state index contributed by atoms with van der Waals surface area (Å²) in [7, 11) is 0. The first-order valence-corrected chi connectivity index (χ1v) is 14.2. The van der Waals surface area contributed by atoms with E-state index in [4.69, 9.17) is 18.9 Å². The Morgan fingerprint density at radius 1 is 0.694 bits per heavy atom. The highest BCUT2D eigenvalue weighted by Gasteiger charge is 2.41. The molecule has 2 unspecified atom stereocenters. The molecule has 5 rings (SSSR count). The van der Waals surface area contributed by atoms with Crippen LogP contribution in [0.4, 0.5) is 0 Å². The maximum absolute atomic E-state index is 6.29. The molecule has 4 nitrogen and oxygen atoms in total. The third-order valence-corrected chi connectivity index (χ3v) is 8.67. The molecule has 0 radical (unpaired) electrons. The molecule has 0 spiro atoms. The molecule has 2 heterocycles. The van der Waals surface area contributed by atoms with Gasteiger partial charge in [-0.15, -0.1) is 0 Å². The second-order valence-electron chi connectivity index (χ2n) is 12.1. The van der Waals surface area contributed by atoms with E-state index in [1.807, 2.05) is 0 Å². The first-order valence-electron chi connectivity index (χ1n) is 14.2. The summed E-state index contributed by atoms with van der Waals surface area (Å²) in [4.78, 5) is 0. The number of benzene rings is 2. The van der Waals surface area contributed by atoms with Crippen LogP contribution in [-0.4, -0.2) is 25.8 Å². The predicted molar refractivity (Wildman–Crippen MR) is 144 cm³/mol. The molecular weight excluding hydrogens is 448 g/mol. The number of ether oxygens (including phenoxy) is 4. The van der Waals surface area contributed by atoms with E-state index in [2.05, 4.69) is 69.3 Å². The lowest BCUT2D eigenvalue weighted by molar-refractivity contribution is -0.106. The van der Waals surface area contributed by atoms with Crippen LogP contribution in [0.15, 0.2) is 48.5 Å². The summed E-state index contributed by atoms with van der Waals surface area (Å²) in [5, 5.41) is 0. The van der Waals surface area contributed by atoms with Gasteiger partial charge in [0.25, 0.3) is 0 Å². The van der Waals surface area contributed by atoms with Crippen LogP contribution in [0, 0.1) is 11.3 Å². The third-order valence-electron chi connectivity index (χ3n) is 8.67. The topological polar surface area (TPSA) is 36.9 Å². The minimum Gasteiger partial charge on any atom is -0.465 e. The van der Waals surface area contributed by atoms with E-state index >= 15 is 0 Å². The van der Waals surface area contributed by atoms with Gasteiger partial charge >= 0.3 is 0 Å². The van der Waals surface area contributed by atoms with E-state index in [0.29, 0.717) is 5.41 Å². The Balaban J connectivity index is 1.40. The molecule has 1 saturated carbocycles. The van der Waals surface area contributed by atoms with E-state index in [1.165, 1.54) is 36.8 Å². The van der Waals surface area contributed by atoms with Crippen molar-refractivity contribution in [1.29, 1.82) is 0 Å². The Morgan fingerprint density at radius 3 is 1.86 bits per heavy atom. The molecule has 0 amide bonds. The standard InChI is InChI=1S/C32H44O4/c1-31(2,3)24-17-19-32(20-18-24,25-13-15-27(16-14-25)35-29-11-4-6-21-33-29)26-9-8-10-28(23-26)36-30-12-5-7-22-34-30/h8-10,13-16,23-24,29-30H,4-7,11-12,17-22H2,1-3H3. The fourth-order valence-electron chi connectivity index (χ4n) is 6.35. The van der Waals surface area contributed by atoms with Crippen molar-refractivity contribution in [1.82, 2.24) is 0 Å². The van der Waals surface area contributed by atoms with Gasteiger partial charge in [0.1, 0.15) is 11.5 Å². The third kappa shape index (κ3) is 5.92. The minimum atomic E-state index is -0.125. The summed E-state index contributed by atoms with van der Waals surface area (Å²) in [5.74, 6) is 2.56. The normalized spacial score (nSPS) is 29.5. The van der Waals surface area contributed by atoms with Gasteiger partial charge in [0.05, 0.1) is 13.2 Å². The summed E-state index contributed by atoms with van der Waals surface area (Å²) in [6.07, 6.45) is 11.0. The van der Waals surface area contributed by atoms with Gasteiger partial charge in [0, 0.05) is 18.3 Å². The summed E-state index contributed by atoms with van der Waals surface area (Å²) in [5.41, 5.74) is 3.05. The Labute approximate surface area is 217 Å². The van der Waals surface area contributed by atoms with Gasteiger partial charge in [0.2, 0.25) is 0 Å². The molecule has 36 heavy (non-hydrogen) atoms. The van der Waals surface area contributed by atoms with Crippen LogP contribution >= 0.6 is 0 Å². The first-order chi connectivity index (χ1) is 17.4. The van der Waals surface area contributed by atoms with Crippen LogP contribution in [0.5, 0.6) is 11.5 Å². The Hall–Kier alpha value is -2.04. The van der Waals surface area contributed by atoms with Gasteiger partial charge in [-0.1, -0.05) is 45.0 Å². The SMILES string of the molecule is CC(C)(C)C1CCC(c2ccc(OC3CCCCO3)cc2)(c2cccc(OC3CCCCO3)c2)CC1. The molecule has 2 aliphatic heterocycles. The summed E-state index contributed by atoms with van der Waals surface area (Å²) in [6.45, 7) is 8.77. The highest BCUT2D eigenvalue weighted by molar-refractivity contribution is 5.45. The molecule has 2 aromatic rings. The van der Waals surface area contributed by atoms with Crippen LogP contribution in [-0.2, 0) is 14.9 Å². The quantitative estimate of drug-likeness (QED) is 0.409. The Bertz CT molecular complexity index is 956. The lowest BCUT2D eigenvalue weighted by Gasteiger charge is -2.45. The summed E-state index contributed by atoms with van der Waals surface area (Å²) >= 11 is 0. The van der Waals surface area contributed by atoms with Crippen LogP contribution in [0.2, 0.25) is 0 Å². The molecule has 0 N–H and O–H groups in total. The zero-order valence-electron chi connectivity index (χ0n) is 22.5. The van der Waals surface area contributed by atoms with Crippen molar-refractivity contribution in [2.24, 2.45) is 11.3 Å². The van der Waals surface area contributed by atoms with Gasteiger partial charge in [-0.2, -0.15) is 0 Å². The average Bonchev–Trinajstić information content (AvgIpc) is 2.90. The average molecular weight is 493 g/mol. The van der Waals surface area contributed by atoms with Crippen LogP contribution in [0.25, 0.3) is 0 Å². The fourth-order valence-corrected chi connectivity index (χ4v) is 6.35. The van der Waals surface area contributed by atoms with E-state index in [1.54, 1.807) is 0 Å². The second kappa shape index (κ2) is 11.1. The van der Waals surface area contributed by atoms with Gasteiger partial charge in [-0.3, -0.25) is 0 Å².